The molecule has 2 aromatic heterocycles. The van der Waals surface area contributed by atoms with Gasteiger partial charge in [0.15, 0.2) is 6.29 Å². The number of carbonyl (C=O) groups is 1. The summed E-state index contributed by atoms with van der Waals surface area (Å²) in [7, 11) is 0. The van der Waals surface area contributed by atoms with Crippen molar-refractivity contribution in [3.63, 3.8) is 0 Å². The van der Waals surface area contributed by atoms with E-state index in [1.54, 1.807) is 0 Å². The van der Waals surface area contributed by atoms with Gasteiger partial charge in [0.2, 0.25) is 0 Å². The van der Waals surface area contributed by atoms with Crippen LogP contribution in [0.5, 0.6) is 0 Å². The molecule has 0 aliphatic carbocycles. The molecule has 2 nitrogen and oxygen atoms in total. The van der Waals surface area contributed by atoms with E-state index < -0.39 is 0 Å². The fraction of sp³-hybridized carbons (Fsp3) is 0.211. The molecule has 0 saturated heterocycles. The molecule has 0 spiro atoms. The van der Waals surface area contributed by atoms with Gasteiger partial charge in [-0.2, -0.15) is 0 Å². The van der Waals surface area contributed by atoms with E-state index in [2.05, 4.69) is 63.4 Å². The second-order valence-corrected chi connectivity index (χ2v) is 5.55. The monoisotopic (exact) mass is 277 g/mol. The van der Waals surface area contributed by atoms with E-state index in [9.17, 15) is 4.79 Å². The lowest BCUT2D eigenvalue weighted by molar-refractivity contribution is 0.111. The van der Waals surface area contributed by atoms with Crippen LogP contribution in [0.25, 0.3) is 16.6 Å². The topological polar surface area (TPSA) is 21.5 Å². The summed E-state index contributed by atoms with van der Waals surface area (Å²) < 4.78 is 2.00. The number of aryl methyl sites for hydroxylation is 3. The summed E-state index contributed by atoms with van der Waals surface area (Å²) in [6, 6.07) is 12.6. The SMILES string of the molecule is CCc1ccc2cc(-c3ccc(C)c(C)c3)c(C=O)n2c1. The maximum atomic E-state index is 11.6. The van der Waals surface area contributed by atoms with Crippen molar-refractivity contribution in [2.45, 2.75) is 27.2 Å². The van der Waals surface area contributed by atoms with Crippen LogP contribution in [0.1, 0.15) is 34.1 Å². The van der Waals surface area contributed by atoms with Crippen LogP contribution in [0.3, 0.4) is 0 Å². The van der Waals surface area contributed by atoms with E-state index in [0.29, 0.717) is 0 Å². The normalized spacial score (nSPS) is 11.0. The minimum atomic E-state index is 0.726. The van der Waals surface area contributed by atoms with Crippen molar-refractivity contribution >= 4 is 11.8 Å². The maximum Gasteiger partial charge on any atom is 0.167 e. The lowest BCUT2D eigenvalue weighted by Crippen LogP contribution is -1.94. The number of hydrogen-bond donors (Lipinski definition) is 0. The van der Waals surface area contributed by atoms with Crippen molar-refractivity contribution in [2.24, 2.45) is 0 Å². The summed E-state index contributed by atoms with van der Waals surface area (Å²) in [6.07, 6.45) is 3.98. The first-order chi connectivity index (χ1) is 10.1. The molecule has 2 heterocycles. The molecular weight excluding hydrogens is 258 g/mol. The number of carbonyl (C=O) groups excluding carboxylic acids is 1. The number of aromatic nitrogens is 1. The van der Waals surface area contributed by atoms with E-state index >= 15 is 0 Å². The standard InChI is InChI=1S/C19H19NO/c1-4-15-6-8-17-10-18(19(12-21)20(17)11-15)16-7-5-13(2)14(3)9-16/h5-12H,4H2,1-3H3. The van der Waals surface area contributed by atoms with Gasteiger partial charge in [0.05, 0.1) is 5.69 Å². The Bertz CT molecular complexity index is 827. The van der Waals surface area contributed by atoms with Crippen molar-refractivity contribution in [2.75, 3.05) is 0 Å². The average Bonchev–Trinajstić information content (AvgIpc) is 2.87. The van der Waals surface area contributed by atoms with Gasteiger partial charge in [0.25, 0.3) is 0 Å². The molecule has 0 radical (unpaired) electrons. The zero-order chi connectivity index (χ0) is 15.0. The Balaban J connectivity index is 2.26. The van der Waals surface area contributed by atoms with Gasteiger partial charge in [0.1, 0.15) is 0 Å². The van der Waals surface area contributed by atoms with Gasteiger partial charge in [-0.15, -0.1) is 0 Å². The van der Waals surface area contributed by atoms with Crippen LogP contribution in [0.15, 0.2) is 42.6 Å². The lowest BCUT2D eigenvalue weighted by Gasteiger charge is -2.05. The van der Waals surface area contributed by atoms with Crippen LogP contribution in [-0.2, 0) is 6.42 Å². The molecule has 3 rings (SSSR count). The highest BCUT2D eigenvalue weighted by atomic mass is 16.1. The molecule has 2 heteroatoms. The first-order valence-corrected chi connectivity index (χ1v) is 7.31. The Morgan fingerprint density at radius 3 is 2.52 bits per heavy atom. The molecule has 0 bridgehead atoms. The van der Waals surface area contributed by atoms with E-state index in [1.807, 2.05) is 4.40 Å². The van der Waals surface area contributed by atoms with Crippen LogP contribution in [0, 0.1) is 13.8 Å². The largest absolute Gasteiger partial charge is 0.313 e. The molecule has 1 aromatic carbocycles. The Kier molecular flexibility index (Phi) is 3.38. The third kappa shape index (κ3) is 2.27. The predicted octanol–water partition coefficient (Wildman–Crippen LogP) is 4.60. The van der Waals surface area contributed by atoms with Crippen molar-refractivity contribution in [1.29, 1.82) is 0 Å². The van der Waals surface area contributed by atoms with Gasteiger partial charge < -0.3 is 4.40 Å². The summed E-state index contributed by atoms with van der Waals surface area (Å²) in [5, 5.41) is 0. The van der Waals surface area contributed by atoms with Crippen molar-refractivity contribution in [3.05, 3.63) is 65.0 Å². The zero-order valence-corrected chi connectivity index (χ0v) is 12.7. The number of pyridine rings is 1. The highest BCUT2D eigenvalue weighted by Gasteiger charge is 2.12. The van der Waals surface area contributed by atoms with E-state index in [-0.39, 0.29) is 0 Å². The van der Waals surface area contributed by atoms with E-state index in [1.165, 1.54) is 16.7 Å². The third-order valence-electron chi connectivity index (χ3n) is 4.21. The molecule has 0 saturated carbocycles. The number of aldehydes is 1. The molecule has 0 aliphatic heterocycles. The van der Waals surface area contributed by atoms with E-state index in [4.69, 9.17) is 0 Å². The molecule has 3 aromatic rings. The highest BCUT2D eigenvalue weighted by molar-refractivity contribution is 5.90. The Labute approximate surface area is 125 Å². The molecule has 0 fully saturated rings. The van der Waals surface area contributed by atoms with Crippen LogP contribution in [0.2, 0.25) is 0 Å². The minimum absolute atomic E-state index is 0.726. The summed E-state index contributed by atoms with van der Waals surface area (Å²) in [6.45, 7) is 6.32. The van der Waals surface area contributed by atoms with Crippen LogP contribution in [0.4, 0.5) is 0 Å². The van der Waals surface area contributed by atoms with Crippen molar-refractivity contribution in [3.8, 4) is 11.1 Å². The predicted molar refractivity (Wildman–Crippen MR) is 87.1 cm³/mol. The third-order valence-corrected chi connectivity index (χ3v) is 4.21. The fourth-order valence-electron chi connectivity index (χ4n) is 2.70. The number of nitrogens with zero attached hydrogens (tertiary/aromatic N) is 1. The van der Waals surface area contributed by atoms with Crippen molar-refractivity contribution < 1.29 is 4.79 Å². The fourth-order valence-corrected chi connectivity index (χ4v) is 2.70. The molecule has 0 atom stereocenters. The minimum Gasteiger partial charge on any atom is -0.313 e. The van der Waals surface area contributed by atoms with Gasteiger partial charge in [-0.3, -0.25) is 4.79 Å². The first kappa shape index (κ1) is 13.6. The van der Waals surface area contributed by atoms with Crippen molar-refractivity contribution in [1.82, 2.24) is 4.40 Å². The zero-order valence-electron chi connectivity index (χ0n) is 12.7. The smallest absolute Gasteiger partial charge is 0.167 e. The van der Waals surface area contributed by atoms with Crippen LogP contribution < -0.4 is 0 Å². The number of fused-ring (bicyclic) bond motifs is 1. The highest BCUT2D eigenvalue weighted by Crippen LogP contribution is 2.28. The molecule has 0 amide bonds. The lowest BCUT2D eigenvalue weighted by atomic mass is 10.0. The maximum absolute atomic E-state index is 11.6. The van der Waals surface area contributed by atoms with Gasteiger partial charge in [-0.1, -0.05) is 31.2 Å². The second-order valence-electron chi connectivity index (χ2n) is 5.55. The molecule has 0 N–H and O–H groups in total. The molecular formula is C19H19NO. The summed E-state index contributed by atoms with van der Waals surface area (Å²) in [5.74, 6) is 0. The molecule has 0 unspecified atom stereocenters. The number of benzene rings is 1. The molecule has 21 heavy (non-hydrogen) atoms. The van der Waals surface area contributed by atoms with Gasteiger partial charge >= 0.3 is 0 Å². The molecule has 0 aliphatic rings. The molecule has 106 valence electrons. The van der Waals surface area contributed by atoms with Crippen LogP contribution >= 0.6 is 0 Å². The second kappa shape index (κ2) is 5.21. The number of rotatable bonds is 3. The van der Waals surface area contributed by atoms with Gasteiger partial charge in [-0.25, -0.2) is 0 Å². The summed E-state index contributed by atoms with van der Waals surface area (Å²) in [4.78, 5) is 11.6. The van der Waals surface area contributed by atoms with Gasteiger partial charge in [0, 0.05) is 17.3 Å². The van der Waals surface area contributed by atoms with Gasteiger partial charge in [-0.05, 0) is 54.7 Å². The Morgan fingerprint density at radius 2 is 1.86 bits per heavy atom. The number of hydrogen-bond acceptors (Lipinski definition) is 1. The summed E-state index contributed by atoms with van der Waals surface area (Å²) >= 11 is 0. The Morgan fingerprint density at radius 1 is 1.05 bits per heavy atom. The Hall–Kier alpha value is -2.35. The van der Waals surface area contributed by atoms with Crippen LogP contribution in [-0.4, -0.2) is 10.7 Å². The first-order valence-electron chi connectivity index (χ1n) is 7.31. The summed E-state index contributed by atoms with van der Waals surface area (Å²) in [5.41, 5.74) is 7.62. The quantitative estimate of drug-likeness (QED) is 0.641. The average molecular weight is 277 g/mol. The van der Waals surface area contributed by atoms with E-state index in [0.717, 1.165) is 35.0 Å².